The van der Waals surface area contributed by atoms with Gasteiger partial charge in [-0.3, -0.25) is 14.1 Å². The van der Waals surface area contributed by atoms with Gasteiger partial charge in [-0.15, -0.1) is 0 Å². The number of ether oxygens (including phenoxy) is 4. The number of cyclic esters (lactones) is 1. The smallest absolute Gasteiger partial charge is 0.333 e. The van der Waals surface area contributed by atoms with Gasteiger partial charge in [0.1, 0.15) is 12.6 Å². The van der Waals surface area contributed by atoms with Crippen molar-refractivity contribution in [2.75, 3.05) is 26.4 Å². The lowest BCUT2D eigenvalue weighted by atomic mass is 9.95. The van der Waals surface area contributed by atoms with E-state index >= 15 is 0 Å². The monoisotopic (exact) mass is 690 g/mol. The van der Waals surface area contributed by atoms with Crippen molar-refractivity contribution in [2.45, 2.75) is 158 Å². The first-order chi connectivity index (χ1) is 22.6. The molecule has 14 heteroatoms. The number of aliphatic hydroxyl groups excluding tert-OH is 2. The first kappa shape index (κ1) is 39.8. The molecular formula is C33H58N2O11S. The summed E-state index contributed by atoms with van der Waals surface area (Å²) < 4.78 is 56.4. The van der Waals surface area contributed by atoms with Crippen molar-refractivity contribution in [3.63, 3.8) is 0 Å². The molecule has 2 saturated heterocycles. The van der Waals surface area contributed by atoms with E-state index in [0.717, 1.165) is 109 Å². The van der Waals surface area contributed by atoms with Crippen LogP contribution >= 0.6 is 0 Å². The fraction of sp³-hybridized carbons (Fsp3) is 0.879. The average Bonchev–Trinajstić information content (AvgIpc) is 3.27. The van der Waals surface area contributed by atoms with Crippen molar-refractivity contribution in [1.82, 2.24) is 10.0 Å². The predicted octanol–water partition coefficient (Wildman–Crippen LogP) is 3.62. The summed E-state index contributed by atoms with van der Waals surface area (Å²) >= 11 is 0. The summed E-state index contributed by atoms with van der Waals surface area (Å²) in [5.74, 6) is -1.38. The van der Waals surface area contributed by atoms with E-state index in [0.29, 0.717) is 19.4 Å². The topological polar surface area (TPSA) is 190 Å². The van der Waals surface area contributed by atoms with Gasteiger partial charge in [0.2, 0.25) is 5.91 Å². The molecule has 3 aliphatic heterocycles. The average molecular weight is 691 g/mol. The first-order valence-electron chi connectivity index (χ1n) is 17.7. The molecule has 0 saturated carbocycles. The summed E-state index contributed by atoms with van der Waals surface area (Å²) in [6, 6.07) is -0.905. The molecule has 272 valence electrons. The van der Waals surface area contributed by atoms with Crippen LogP contribution in [0.5, 0.6) is 0 Å². The van der Waals surface area contributed by atoms with Crippen molar-refractivity contribution in [3.8, 4) is 0 Å². The van der Waals surface area contributed by atoms with Crippen LogP contribution in [0, 0.1) is 0 Å². The van der Waals surface area contributed by atoms with Crippen LogP contribution in [-0.2, 0) is 38.8 Å². The second kappa shape index (κ2) is 21.4. The Labute approximate surface area is 280 Å². The molecule has 47 heavy (non-hydrogen) atoms. The number of hydrogen-bond donors (Lipinski definition) is 5. The summed E-state index contributed by atoms with van der Waals surface area (Å²) in [6.07, 6.45) is 18.8. The third-order valence-corrected chi connectivity index (χ3v) is 9.76. The third-order valence-electron chi connectivity index (χ3n) is 9.13. The maximum absolute atomic E-state index is 12.6. The molecule has 2 fully saturated rings. The Morgan fingerprint density at radius 2 is 1.62 bits per heavy atom. The Balaban J connectivity index is 1.41. The SMILES string of the molecule is O=C1/C=C/CCCCC[C@H]2O[C@@]3(CCCCCC(C(O)CCCCCCCOC[C@H](CO)NS(=O)(=O)O)OC(=O)CN1)CCC[C@H]2O3. The van der Waals surface area contributed by atoms with E-state index in [1.54, 1.807) is 0 Å². The first-order valence-corrected chi connectivity index (χ1v) is 19.1. The molecular weight excluding hydrogens is 632 g/mol. The van der Waals surface area contributed by atoms with Crippen LogP contribution in [0.15, 0.2) is 12.2 Å². The molecule has 1 amide bonds. The molecule has 0 aromatic carbocycles. The van der Waals surface area contributed by atoms with Crippen molar-refractivity contribution < 1.29 is 51.7 Å². The van der Waals surface area contributed by atoms with Crippen molar-refractivity contribution in [2.24, 2.45) is 0 Å². The highest BCUT2D eigenvalue weighted by atomic mass is 32.2. The molecule has 13 nitrogen and oxygen atoms in total. The quantitative estimate of drug-likeness (QED) is 0.102. The highest BCUT2D eigenvalue weighted by molar-refractivity contribution is 7.83. The molecule has 3 heterocycles. The van der Waals surface area contributed by atoms with E-state index < -0.39 is 46.9 Å². The number of allylic oxidation sites excluding steroid dienone is 1. The van der Waals surface area contributed by atoms with Gasteiger partial charge >= 0.3 is 16.3 Å². The number of unbranched alkanes of at least 4 members (excludes halogenated alkanes) is 4. The molecule has 3 aliphatic rings. The molecule has 0 aromatic heterocycles. The molecule has 0 aliphatic carbocycles. The summed E-state index contributed by atoms with van der Waals surface area (Å²) in [6.45, 7) is -0.404. The van der Waals surface area contributed by atoms with Gasteiger partial charge in [-0.05, 0) is 70.3 Å². The fourth-order valence-electron chi connectivity index (χ4n) is 6.64. The third kappa shape index (κ3) is 16.1. The number of carbonyl (C=O) groups excluding carboxylic acids is 2. The van der Waals surface area contributed by atoms with E-state index in [4.69, 9.17) is 23.5 Å². The van der Waals surface area contributed by atoms with Crippen LogP contribution in [0.2, 0.25) is 0 Å². The van der Waals surface area contributed by atoms with Crippen molar-refractivity contribution in [1.29, 1.82) is 0 Å². The van der Waals surface area contributed by atoms with E-state index in [1.807, 2.05) is 10.8 Å². The molecule has 3 bridgehead atoms. The molecule has 1 spiro atoms. The van der Waals surface area contributed by atoms with Crippen LogP contribution in [0.4, 0.5) is 0 Å². The van der Waals surface area contributed by atoms with Gasteiger partial charge in [0, 0.05) is 19.4 Å². The van der Waals surface area contributed by atoms with Crippen molar-refractivity contribution in [3.05, 3.63) is 12.2 Å². The molecule has 6 atom stereocenters. The van der Waals surface area contributed by atoms with Crippen LogP contribution in [-0.4, -0.2) is 97.7 Å². The Bertz CT molecular complexity index is 1060. The van der Waals surface area contributed by atoms with Crippen molar-refractivity contribution >= 4 is 22.2 Å². The van der Waals surface area contributed by atoms with Gasteiger partial charge < -0.3 is 34.5 Å². The van der Waals surface area contributed by atoms with Gasteiger partial charge in [0.15, 0.2) is 5.79 Å². The standard InChI is InChI=1S/C33H58N2O11S/c36-24-26(35-47(40,41)42)25-43-22-13-6-2-3-8-15-27(37)28-16-10-7-12-20-33-21-14-18-30(46-33)29(45-33)17-9-4-1-5-11-19-31(38)34-23-32(39)44-28/h11,19,26-30,35-37H,1-10,12-18,20-25H2,(H,34,38)(H,40,41,42)/b19-11+/t26-,27?,28?,29+,30+,33+/m0/s1. The number of hydrogen-bond acceptors (Lipinski definition) is 10. The Kier molecular flexibility index (Phi) is 18.1. The molecule has 0 radical (unpaired) electrons. The zero-order chi connectivity index (χ0) is 34.0. The zero-order valence-electron chi connectivity index (χ0n) is 27.8. The second-order valence-corrected chi connectivity index (χ2v) is 14.4. The second-order valence-electron chi connectivity index (χ2n) is 13.2. The largest absolute Gasteiger partial charge is 0.458 e. The summed E-state index contributed by atoms with van der Waals surface area (Å²) in [7, 11) is -4.41. The highest BCUT2D eigenvalue weighted by Crippen LogP contribution is 2.44. The minimum atomic E-state index is -4.41. The zero-order valence-corrected chi connectivity index (χ0v) is 28.6. The molecule has 3 rings (SSSR count). The van der Waals surface area contributed by atoms with Gasteiger partial charge in [-0.25, -0.2) is 0 Å². The lowest BCUT2D eigenvalue weighted by Gasteiger charge is -2.31. The van der Waals surface area contributed by atoms with E-state index in [9.17, 15) is 28.2 Å². The van der Waals surface area contributed by atoms with E-state index in [2.05, 4.69) is 5.32 Å². The Morgan fingerprint density at radius 3 is 2.38 bits per heavy atom. The van der Waals surface area contributed by atoms with Crippen LogP contribution < -0.4 is 10.0 Å². The molecule has 5 N–H and O–H groups in total. The normalized spacial score (nSPS) is 29.2. The van der Waals surface area contributed by atoms with E-state index in [-0.39, 0.29) is 31.3 Å². The minimum Gasteiger partial charge on any atom is -0.458 e. The summed E-state index contributed by atoms with van der Waals surface area (Å²) in [5, 5.41) is 22.7. The number of nitrogens with one attached hydrogen (secondary N) is 2. The molecule has 2 unspecified atom stereocenters. The number of esters is 1. The fourth-order valence-corrected chi connectivity index (χ4v) is 7.20. The minimum absolute atomic E-state index is 0.0493. The Hall–Kier alpha value is -1.65. The summed E-state index contributed by atoms with van der Waals surface area (Å²) in [5.41, 5.74) is 0. The number of rotatable bonds is 14. The van der Waals surface area contributed by atoms with Crippen LogP contribution in [0.3, 0.4) is 0 Å². The van der Waals surface area contributed by atoms with Gasteiger partial charge in [0.25, 0.3) is 0 Å². The van der Waals surface area contributed by atoms with Gasteiger partial charge in [0.05, 0.1) is 37.6 Å². The number of carbonyl (C=O) groups is 2. The maximum Gasteiger partial charge on any atom is 0.333 e. The maximum atomic E-state index is 12.6. The van der Waals surface area contributed by atoms with E-state index in [1.165, 1.54) is 6.08 Å². The number of amides is 1. The lowest BCUT2D eigenvalue weighted by Crippen LogP contribution is -2.40. The van der Waals surface area contributed by atoms with Gasteiger partial charge in [-0.2, -0.15) is 13.1 Å². The number of fused-ring (bicyclic) bond motifs is 3. The predicted molar refractivity (Wildman–Crippen MR) is 175 cm³/mol. The van der Waals surface area contributed by atoms with Crippen LogP contribution in [0.25, 0.3) is 0 Å². The highest BCUT2D eigenvalue weighted by Gasteiger charge is 2.49. The summed E-state index contributed by atoms with van der Waals surface area (Å²) in [4.78, 5) is 24.8. The molecule has 0 aromatic rings. The van der Waals surface area contributed by atoms with Gasteiger partial charge in [-0.1, -0.05) is 51.0 Å². The Morgan fingerprint density at radius 1 is 0.936 bits per heavy atom. The van der Waals surface area contributed by atoms with Crippen LogP contribution in [0.1, 0.15) is 122 Å². The lowest BCUT2D eigenvalue weighted by molar-refractivity contribution is -0.198. The number of aliphatic hydroxyl groups is 2.